The summed E-state index contributed by atoms with van der Waals surface area (Å²) in [7, 11) is 0. The van der Waals surface area contributed by atoms with Gasteiger partial charge in [0.15, 0.2) is 0 Å². The zero-order valence-electron chi connectivity index (χ0n) is 14.0. The lowest BCUT2D eigenvalue weighted by Crippen LogP contribution is -2.39. The van der Waals surface area contributed by atoms with E-state index in [0.29, 0.717) is 23.2 Å². The number of amides is 1. The molecule has 1 unspecified atom stereocenters. The second-order valence-electron chi connectivity index (χ2n) is 5.52. The lowest BCUT2D eigenvalue weighted by Gasteiger charge is -2.13. The molecule has 0 spiro atoms. The Morgan fingerprint density at radius 1 is 1.15 bits per heavy atom. The van der Waals surface area contributed by atoms with Gasteiger partial charge in [-0.2, -0.15) is 0 Å². The summed E-state index contributed by atoms with van der Waals surface area (Å²) in [6, 6.07) is 16.0. The minimum Gasteiger partial charge on any atom is -0.431 e. The molecule has 1 amide bonds. The summed E-state index contributed by atoms with van der Waals surface area (Å²) >= 11 is 1.41. The van der Waals surface area contributed by atoms with Gasteiger partial charge in [-0.1, -0.05) is 41.7 Å². The van der Waals surface area contributed by atoms with Crippen molar-refractivity contribution >= 4 is 22.9 Å². The van der Waals surface area contributed by atoms with Crippen LogP contribution < -0.4 is 15.8 Å². The van der Waals surface area contributed by atoms with E-state index in [4.69, 9.17) is 15.2 Å². The first-order chi connectivity index (χ1) is 12.7. The number of ether oxygens (including phenoxy) is 2. The maximum Gasteiger partial charge on any atom is 0.278 e. The average Bonchev–Trinajstić information content (AvgIpc) is 3.17. The van der Waals surface area contributed by atoms with Crippen LogP contribution in [0.4, 0.5) is 5.69 Å². The van der Waals surface area contributed by atoms with Crippen molar-refractivity contribution in [3.05, 3.63) is 71.7 Å². The molecule has 1 aromatic heterocycles. The van der Waals surface area contributed by atoms with Crippen molar-refractivity contribution in [2.24, 2.45) is 5.73 Å². The quantitative estimate of drug-likeness (QED) is 0.635. The third kappa shape index (κ3) is 5.38. The van der Waals surface area contributed by atoms with E-state index in [9.17, 15) is 4.79 Å². The molecule has 3 rings (SSSR count). The summed E-state index contributed by atoms with van der Waals surface area (Å²) in [5.74, 6) is 0.347. The largest absolute Gasteiger partial charge is 0.431 e. The van der Waals surface area contributed by atoms with Gasteiger partial charge in [-0.05, 0) is 29.8 Å². The van der Waals surface area contributed by atoms with Gasteiger partial charge in [0.2, 0.25) is 5.91 Å². The highest BCUT2D eigenvalue weighted by Gasteiger charge is 2.14. The van der Waals surface area contributed by atoms with Crippen LogP contribution in [0.25, 0.3) is 0 Å². The molecular weight excluding hydrogens is 350 g/mol. The molecule has 0 bridgehead atoms. The summed E-state index contributed by atoms with van der Waals surface area (Å²) < 4.78 is 11.1. The van der Waals surface area contributed by atoms with E-state index in [-0.39, 0.29) is 12.5 Å². The third-order valence-electron chi connectivity index (χ3n) is 3.48. The number of benzene rings is 2. The normalized spacial score (nSPS) is 11.7. The Morgan fingerprint density at radius 2 is 1.92 bits per heavy atom. The topological polar surface area (TPSA) is 86.5 Å². The van der Waals surface area contributed by atoms with Gasteiger partial charge >= 0.3 is 0 Å². The van der Waals surface area contributed by atoms with Crippen LogP contribution in [0.15, 0.2) is 66.2 Å². The Balaban J connectivity index is 1.44. The summed E-state index contributed by atoms with van der Waals surface area (Å²) in [6.45, 7) is 0.566. The van der Waals surface area contributed by atoms with Gasteiger partial charge in [-0.15, -0.1) is 0 Å². The first kappa shape index (κ1) is 18.1. The molecule has 3 aromatic rings. The van der Waals surface area contributed by atoms with Crippen LogP contribution >= 0.6 is 11.3 Å². The molecule has 3 N–H and O–H groups in total. The summed E-state index contributed by atoms with van der Waals surface area (Å²) in [4.78, 5) is 16.2. The molecule has 134 valence electrons. The van der Waals surface area contributed by atoms with E-state index in [1.54, 1.807) is 30.5 Å². The third-order valence-corrected chi connectivity index (χ3v) is 4.13. The molecule has 0 fully saturated rings. The number of anilines is 1. The minimum atomic E-state index is -0.745. The highest BCUT2D eigenvalue weighted by Crippen LogP contribution is 2.24. The first-order valence-electron chi connectivity index (χ1n) is 8.06. The zero-order chi connectivity index (χ0) is 18.2. The van der Waals surface area contributed by atoms with Gasteiger partial charge in [-0.3, -0.25) is 4.79 Å². The number of hydrogen-bond acceptors (Lipinski definition) is 6. The van der Waals surface area contributed by atoms with E-state index >= 15 is 0 Å². The van der Waals surface area contributed by atoms with E-state index in [0.717, 1.165) is 5.56 Å². The van der Waals surface area contributed by atoms with Crippen LogP contribution in [0.2, 0.25) is 0 Å². The molecule has 0 aliphatic rings. The zero-order valence-corrected chi connectivity index (χ0v) is 14.8. The molecule has 2 aromatic carbocycles. The molecule has 0 saturated heterocycles. The number of nitrogens with one attached hydrogen (secondary N) is 1. The monoisotopic (exact) mass is 369 g/mol. The summed E-state index contributed by atoms with van der Waals surface area (Å²) in [5, 5.41) is 5.17. The van der Waals surface area contributed by atoms with Crippen molar-refractivity contribution in [3.63, 3.8) is 0 Å². The highest BCUT2D eigenvalue weighted by molar-refractivity contribution is 7.11. The van der Waals surface area contributed by atoms with Gasteiger partial charge in [0, 0.05) is 17.3 Å². The second-order valence-corrected chi connectivity index (χ2v) is 6.38. The Kier molecular flexibility index (Phi) is 6.32. The maximum atomic E-state index is 12.1. The van der Waals surface area contributed by atoms with Crippen molar-refractivity contribution in [2.75, 3.05) is 11.9 Å². The maximum absolute atomic E-state index is 12.1. The van der Waals surface area contributed by atoms with Gasteiger partial charge < -0.3 is 20.5 Å². The van der Waals surface area contributed by atoms with Gasteiger partial charge in [0.05, 0.1) is 13.2 Å². The predicted octanol–water partition coefficient (Wildman–Crippen LogP) is 3.42. The Hall–Kier alpha value is -2.74. The second kappa shape index (κ2) is 9.10. The van der Waals surface area contributed by atoms with E-state index in [2.05, 4.69) is 10.3 Å². The van der Waals surface area contributed by atoms with Crippen molar-refractivity contribution in [1.29, 1.82) is 0 Å². The summed E-state index contributed by atoms with van der Waals surface area (Å²) in [6.07, 6.45) is 1.68. The fourth-order valence-electron chi connectivity index (χ4n) is 2.16. The number of nitrogens with zero attached hydrogens (tertiary/aromatic N) is 1. The Morgan fingerprint density at radius 3 is 2.62 bits per heavy atom. The number of thiazole rings is 1. The number of carbonyl (C=O) groups is 1. The van der Waals surface area contributed by atoms with Crippen molar-refractivity contribution in [2.45, 2.75) is 12.6 Å². The van der Waals surface area contributed by atoms with E-state index < -0.39 is 6.04 Å². The molecule has 1 atom stereocenters. The van der Waals surface area contributed by atoms with Gasteiger partial charge in [-0.25, -0.2) is 4.98 Å². The smallest absolute Gasteiger partial charge is 0.278 e. The van der Waals surface area contributed by atoms with Crippen LogP contribution in [0.1, 0.15) is 5.56 Å². The molecule has 1 heterocycles. The number of rotatable bonds is 8. The number of nitrogens with two attached hydrogens (primary N) is 1. The predicted molar refractivity (Wildman–Crippen MR) is 101 cm³/mol. The lowest BCUT2D eigenvalue weighted by molar-refractivity contribution is -0.118. The molecule has 7 heteroatoms. The minimum absolute atomic E-state index is 0.145. The highest BCUT2D eigenvalue weighted by atomic mass is 32.1. The van der Waals surface area contributed by atoms with Crippen LogP contribution in [-0.4, -0.2) is 23.5 Å². The number of carbonyl (C=O) groups excluding carboxylic acids is 1. The molecule has 0 saturated carbocycles. The molecule has 6 nitrogen and oxygen atoms in total. The summed E-state index contributed by atoms with van der Waals surface area (Å²) in [5.41, 5.74) is 7.56. The average molecular weight is 369 g/mol. The first-order valence-corrected chi connectivity index (χ1v) is 8.94. The fourth-order valence-corrected chi connectivity index (χ4v) is 2.66. The van der Waals surface area contributed by atoms with Crippen LogP contribution in [0.3, 0.4) is 0 Å². The van der Waals surface area contributed by atoms with E-state index in [1.807, 2.05) is 35.7 Å². The SMILES string of the molecule is NC(COCc1ccccc1)C(=O)Nc1ccc(Oc2nccs2)cc1. The van der Waals surface area contributed by atoms with Crippen molar-refractivity contribution in [3.8, 4) is 10.9 Å². The molecule has 0 aliphatic heterocycles. The molecule has 0 radical (unpaired) electrons. The van der Waals surface area contributed by atoms with Gasteiger partial charge in [0.25, 0.3) is 5.19 Å². The Labute approximate surface area is 155 Å². The van der Waals surface area contributed by atoms with Gasteiger partial charge in [0.1, 0.15) is 11.8 Å². The van der Waals surface area contributed by atoms with Crippen LogP contribution in [0.5, 0.6) is 10.9 Å². The lowest BCUT2D eigenvalue weighted by atomic mass is 10.2. The standard InChI is InChI=1S/C19H19N3O3S/c20-17(13-24-12-14-4-2-1-3-5-14)18(23)22-15-6-8-16(9-7-15)25-19-21-10-11-26-19/h1-11,17H,12-13,20H2,(H,22,23). The van der Waals surface area contributed by atoms with Crippen molar-refractivity contribution < 1.29 is 14.3 Å². The molecular formula is C19H19N3O3S. The van der Waals surface area contributed by atoms with E-state index in [1.165, 1.54) is 11.3 Å². The van der Waals surface area contributed by atoms with Crippen LogP contribution in [0, 0.1) is 0 Å². The van der Waals surface area contributed by atoms with Crippen LogP contribution in [-0.2, 0) is 16.1 Å². The molecule has 0 aliphatic carbocycles. The fraction of sp³-hybridized carbons (Fsp3) is 0.158. The number of hydrogen-bond donors (Lipinski definition) is 2. The number of aromatic nitrogens is 1. The Bertz CT molecular complexity index is 808. The van der Waals surface area contributed by atoms with Crippen molar-refractivity contribution in [1.82, 2.24) is 4.98 Å². The molecule has 26 heavy (non-hydrogen) atoms.